The number of likely N-dealkylation sites (N-methyl/N-ethyl adjacent to an activating group) is 1. The van der Waals surface area contributed by atoms with Crippen molar-refractivity contribution in [3.8, 4) is 0 Å². The molecule has 0 saturated carbocycles. The third-order valence-electron chi connectivity index (χ3n) is 4.12. The van der Waals surface area contributed by atoms with Gasteiger partial charge in [-0.2, -0.15) is 8.78 Å². The number of hydrogen-bond acceptors (Lipinski definition) is 3. The molecule has 9 heteroatoms. The van der Waals surface area contributed by atoms with E-state index >= 15 is 0 Å². The standard InChI is InChI=1S/C8H18NO.C5H3BF4O2/c1-9(7-8-10-2)5-3-4-6-9;7-4(8)1-2-6(10)5(4,9)3(11)12/h3-8H2,1-2H3;1-2H,(H,11,12)/q+1;/p-1. The number of ether oxygens (including phenoxy) is 1. The zero-order valence-electron chi connectivity index (χ0n) is 12.7. The number of carboxylic acids is 1. The second kappa shape index (κ2) is 7.00. The maximum Gasteiger partial charge on any atom is 0.425 e. The second-order valence-electron chi connectivity index (χ2n) is 5.87. The molecule has 4 nitrogen and oxygen atoms in total. The van der Waals surface area contributed by atoms with E-state index in [-0.39, 0.29) is 12.1 Å². The van der Waals surface area contributed by atoms with Gasteiger partial charge in [-0.15, -0.1) is 0 Å². The molecule has 1 atom stereocenters. The highest BCUT2D eigenvalue weighted by atomic mass is 19.3. The number of likely N-dealkylation sites (tertiary alicyclic amines) is 1. The van der Waals surface area contributed by atoms with E-state index in [2.05, 4.69) is 7.05 Å². The van der Waals surface area contributed by atoms with Gasteiger partial charge in [0.25, 0.3) is 0 Å². The molecular weight excluding hydrogens is 305 g/mol. The molecule has 1 unspecified atom stereocenters. The molecule has 1 fully saturated rings. The third-order valence-corrected chi connectivity index (χ3v) is 4.12. The Bertz CT molecular complexity index is 430. The Kier molecular flexibility index (Phi) is 6.03. The number of quaternary nitrogens is 1. The number of carboxylic acid groups (broad SMARTS) is 1. The smallest absolute Gasteiger partial charge is 0.425 e. The number of methoxy groups -OCH3 is 1. The molecule has 2 aliphatic heterocycles. The molecule has 2 heterocycles. The fourth-order valence-electron chi connectivity index (χ4n) is 2.53. The van der Waals surface area contributed by atoms with Crippen LogP contribution >= 0.6 is 0 Å². The molecule has 0 aromatic rings. The highest BCUT2D eigenvalue weighted by molar-refractivity contribution is 6.66. The molecule has 0 aromatic heterocycles. The van der Waals surface area contributed by atoms with Crippen LogP contribution in [0.15, 0.2) is 12.1 Å². The molecule has 2 aliphatic rings. The Hall–Kier alpha value is -1.09. The predicted octanol–water partition coefficient (Wildman–Crippen LogP) is 0.562. The van der Waals surface area contributed by atoms with Gasteiger partial charge in [0.2, 0.25) is 5.57 Å². The quantitative estimate of drug-likeness (QED) is 0.431. The van der Waals surface area contributed by atoms with Gasteiger partial charge >= 0.3 is 12.9 Å². The summed E-state index contributed by atoms with van der Waals surface area (Å²) in [4.78, 5) is 9.90. The number of carbonyl (C=O) groups excluding carboxylic acids is 1. The van der Waals surface area contributed by atoms with E-state index in [4.69, 9.17) is 4.74 Å². The first-order chi connectivity index (χ1) is 10.1. The summed E-state index contributed by atoms with van der Waals surface area (Å²) in [5, 5.41) is 9.90. The van der Waals surface area contributed by atoms with Crippen LogP contribution in [-0.4, -0.2) is 69.3 Å². The maximum atomic E-state index is 12.8. The fourth-order valence-corrected chi connectivity index (χ4v) is 2.53. The summed E-state index contributed by atoms with van der Waals surface area (Å²) in [7, 11) is 4.11. The van der Waals surface area contributed by atoms with Gasteiger partial charge in [-0.3, -0.25) is 0 Å². The van der Waals surface area contributed by atoms with Crippen molar-refractivity contribution in [1.29, 1.82) is 0 Å². The minimum Gasteiger partial charge on any atom is -0.547 e. The van der Waals surface area contributed by atoms with Crippen LogP contribution in [0.2, 0.25) is 0 Å². The molecule has 0 aromatic carbocycles. The van der Waals surface area contributed by atoms with Crippen molar-refractivity contribution in [2.45, 2.75) is 24.3 Å². The highest BCUT2D eigenvalue weighted by Gasteiger charge is 2.65. The zero-order chi connectivity index (χ0) is 17.0. The van der Waals surface area contributed by atoms with E-state index in [1.807, 2.05) is 0 Å². The number of halogens is 4. The lowest BCUT2D eigenvalue weighted by Gasteiger charge is -2.28. The zero-order valence-corrected chi connectivity index (χ0v) is 12.7. The molecule has 22 heavy (non-hydrogen) atoms. The molecule has 126 valence electrons. The molecule has 0 amide bonds. The van der Waals surface area contributed by atoms with Crippen LogP contribution in [0.25, 0.3) is 0 Å². The summed E-state index contributed by atoms with van der Waals surface area (Å²) in [6.07, 6.45) is 2.69. The Morgan fingerprint density at radius 3 is 2.23 bits per heavy atom. The number of allylic oxidation sites excluding steroid dienone is 1. The van der Waals surface area contributed by atoms with Gasteiger partial charge in [0.1, 0.15) is 6.54 Å². The summed E-state index contributed by atoms with van der Waals surface area (Å²) in [6.45, 7) is 1.94. The average molecular weight is 325 g/mol. The van der Waals surface area contributed by atoms with Crippen molar-refractivity contribution < 1.29 is 36.6 Å². The van der Waals surface area contributed by atoms with Crippen LogP contribution in [0.5, 0.6) is 0 Å². The lowest BCUT2D eigenvalue weighted by Crippen LogP contribution is -2.60. The van der Waals surface area contributed by atoms with E-state index in [1.165, 1.54) is 37.0 Å². The average Bonchev–Trinajstić information content (AvgIpc) is 2.96. The Labute approximate surface area is 127 Å². The molecule has 1 saturated heterocycles. The molecule has 2 rings (SSSR count). The van der Waals surface area contributed by atoms with Crippen molar-refractivity contribution in [2.24, 2.45) is 0 Å². The molecular formula is C13H20BF4NO3. The van der Waals surface area contributed by atoms with Crippen molar-refractivity contribution in [3.63, 3.8) is 0 Å². The second-order valence-corrected chi connectivity index (χ2v) is 5.87. The SMILES string of the molecule is COCC[N+]1(C)CCCC1.O=C([O-])C1(F)B(F)C=CC1(F)F. The van der Waals surface area contributed by atoms with Crippen LogP contribution in [0.3, 0.4) is 0 Å². The number of aliphatic carboxylic acids is 1. The van der Waals surface area contributed by atoms with Gasteiger partial charge in [0.05, 0.1) is 32.7 Å². The first-order valence-electron chi connectivity index (χ1n) is 7.03. The Morgan fingerprint density at radius 1 is 1.36 bits per heavy atom. The van der Waals surface area contributed by atoms with Crippen LogP contribution in [-0.2, 0) is 9.53 Å². The topological polar surface area (TPSA) is 49.4 Å². The Morgan fingerprint density at radius 2 is 1.91 bits per heavy atom. The van der Waals surface area contributed by atoms with E-state index in [9.17, 15) is 27.4 Å². The summed E-state index contributed by atoms with van der Waals surface area (Å²) in [5.41, 5.74) is -4.26. The van der Waals surface area contributed by atoms with Crippen molar-refractivity contribution in [1.82, 2.24) is 0 Å². The van der Waals surface area contributed by atoms with Crippen LogP contribution in [0, 0.1) is 0 Å². The first kappa shape index (κ1) is 19.0. The molecule has 0 radical (unpaired) electrons. The first-order valence-corrected chi connectivity index (χ1v) is 7.03. The highest BCUT2D eigenvalue weighted by Crippen LogP contribution is 2.41. The minimum atomic E-state index is -4.34. The minimum absolute atomic E-state index is 0.118. The van der Waals surface area contributed by atoms with Gasteiger partial charge in [0, 0.05) is 20.0 Å². The van der Waals surface area contributed by atoms with Crippen LogP contribution in [0.4, 0.5) is 17.5 Å². The summed E-state index contributed by atoms with van der Waals surface area (Å²) in [5.74, 6) is -6.92. The largest absolute Gasteiger partial charge is 0.547 e. The van der Waals surface area contributed by atoms with Crippen molar-refractivity contribution >= 4 is 13.0 Å². The third kappa shape index (κ3) is 3.81. The normalized spacial score (nSPS) is 28.4. The van der Waals surface area contributed by atoms with E-state index in [1.54, 1.807) is 7.11 Å². The lowest BCUT2D eigenvalue weighted by atomic mass is 9.59. The summed E-state index contributed by atoms with van der Waals surface area (Å²) < 4.78 is 56.1. The number of nitrogens with zero attached hydrogens (tertiary/aromatic N) is 1. The van der Waals surface area contributed by atoms with Gasteiger partial charge in [0.15, 0.2) is 0 Å². The maximum absolute atomic E-state index is 12.8. The number of rotatable bonds is 4. The van der Waals surface area contributed by atoms with Crippen molar-refractivity contribution in [3.05, 3.63) is 12.1 Å². The summed E-state index contributed by atoms with van der Waals surface area (Å²) in [6, 6.07) is 0. The van der Waals surface area contributed by atoms with E-state index < -0.39 is 24.4 Å². The molecule has 0 N–H and O–H groups in total. The predicted molar refractivity (Wildman–Crippen MR) is 71.7 cm³/mol. The van der Waals surface area contributed by atoms with Gasteiger partial charge in [-0.05, 0) is 6.08 Å². The van der Waals surface area contributed by atoms with Gasteiger partial charge in [-0.1, -0.05) is 5.98 Å². The van der Waals surface area contributed by atoms with E-state index in [0.717, 1.165) is 6.61 Å². The summed E-state index contributed by atoms with van der Waals surface area (Å²) >= 11 is 0. The number of carbonyl (C=O) groups is 1. The van der Waals surface area contributed by atoms with Gasteiger partial charge < -0.3 is 23.4 Å². The molecule has 0 bridgehead atoms. The number of alkyl halides is 3. The fraction of sp³-hybridized carbons (Fsp3) is 0.769. The number of hydrogen-bond donors (Lipinski definition) is 0. The van der Waals surface area contributed by atoms with E-state index in [0.29, 0.717) is 0 Å². The van der Waals surface area contributed by atoms with Crippen LogP contribution in [0.1, 0.15) is 12.8 Å². The lowest BCUT2D eigenvalue weighted by molar-refractivity contribution is -0.897. The van der Waals surface area contributed by atoms with Crippen LogP contribution < -0.4 is 5.11 Å². The molecule has 0 aliphatic carbocycles. The van der Waals surface area contributed by atoms with Crippen molar-refractivity contribution in [2.75, 3.05) is 40.4 Å². The van der Waals surface area contributed by atoms with Gasteiger partial charge in [-0.25, -0.2) is 4.39 Å². The molecule has 0 spiro atoms. The monoisotopic (exact) mass is 325 g/mol. The Balaban J connectivity index is 0.000000224.